The van der Waals surface area contributed by atoms with Crippen LogP contribution in [0, 0.1) is 0 Å². The molecule has 0 aliphatic carbocycles. The first kappa shape index (κ1) is 11.8. The van der Waals surface area contributed by atoms with Crippen molar-refractivity contribution in [3.05, 3.63) is 18.2 Å². The van der Waals surface area contributed by atoms with Crippen molar-refractivity contribution in [2.24, 2.45) is 0 Å². The van der Waals surface area contributed by atoms with Crippen molar-refractivity contribution in [2.75, 3.05) is 5.32 Å². The number of phenols is 2. The molecule has 5 heteroatoms. The molecule has 0 fully saturated rings. The first-order chi connectivity index (χ1) is 7.04. The molecule has 0 unspecified atom stereocenters. The predicted octanol–water partition coefficient (Wildman–Crippen LogP) is 2.21. The van der Waals surface area contributed by atoms with E-state index < -0.39 is 0 Å². The van der Waals surface area contributed by atoms with E-state index in [1.54, 1.807) is 0 Å². The molecule has 0 aromatic heterocycles. The van der Waals surface area contributed by atoms with E-state index in [1.807, 2.05) is 6.92 Å². The summed E-state index contributed by atoms with van der Waals surface area (Å²) in [6.07, 6.45) is 0.644. The molecule has 1 aromatic rings. The lowest BCUT2D eigenvalue weighted by molar-refractivity contribution is -0.115. The number of rotatable bonds is 3. The van der Waals surface area contributed by atoms with Gasteiger partial charge in [-0.3, -0.25) is 4.79 Å². The molecule has 0 heterocycles. The number of benzene rings is 1. The SMILES string of the molecule is CC[C@H](Br)C(=O)Nc1cc(O)ccc1O. The second-order valence-electron chi connectivity index (χ2n) is 3.07. The summed E-state index contributed by atoms with van der Waals surface area (Å²) >= 11 is 3.19. The van der Waals surface area contributed by atoms with E-state index in [1.165, 1.54) is 18.2 Å². The number of carbonyl (C=O) groups excluding carboxylic acids is 1. The Bertz CT molecular complexity index is 368. The number of hydrogen-bond acceptors (Lipinski definition) is 3. The number of hydrogen-bond donors (Lipinski definition) is 3. The minimum Gasteiger partial charge on any atom is -0.508 e. The van der Waals surface area contributed by atoms with Crippen LogP contribution in [0.2, 0.25) is 0 Å². The van der Waals surface area contributed by atoms with Gasteiger partial charge in [-0.05, 0) is 18.6 Å². The first-order valence-corrected chi connectivity index (χ1v) is 5.43. The third-order valence-corrected chi connectivity index (χ3v) is 2.94. The van der Waals surface area contributed by atoms with Crippen molar-refractivity contribution in [1.82, 2.24) is 0 Å². The van der Waals surface area contributed by atoms with Crippen LogP contribution < -0.4 is 5.32 Å². The summed E-state index contributed by atoms with van der Waals surface area (Å²) in [6.45, 7) is 1.86. The van der Waals surface area contributed by atoms with Crippen molar-refractivity contribution in [2.45, 2.75) is 18.2 Å². The van der Waals surface area contributed by atoms with Crippen LogP contribution in [0.1, 0.15) is 13.3 Å². The molecule has 82 valence electrons. The number of phenolic OH excluding ortho intramolecular Hbond substituents is 2. The standard InChI is InChI=1S/C10H12BrNO3/c1-2-7(11)10(15)12-8-5-6(13)3-4-9(8)14/h3-5,7,13-14H,2H2,1H3,(H,12,15)/t7-/m0/s1. The van der Waals surface area contributed by atoms with E-state index in [4.69, 9.17) is 0 Å². The van der Waals surface area contributed by atoms with Gasteiger partial charge in [-0.2, -0.15) is 0 Å². The molecule has 0 aliphatic rings. The highest BCUT2D eigenvalue weighted by Gasteiger charge is 2.14. The maximum atomic E-state index is 11.5. The van der Waals surface area contributed by atoms with E-state index in [9.17, 15) is 15.0 Å². The molecule has 0 radical (unpaired) electrons. The van der Waals surface area contributed by atoms with Gasteiger partial charge in [0.25, 0.3) is 0 Å². The summed E-state index contributed by atoms with van der Waals surface area (Å²) in [7, 11) is 0. The van der Waals surface area contributed by atoms with Crippen molar-refractivity contribution < 1.29 is 15.0 Å². The van der Waals surface area contributed by atoms with Crippen LogP contribution in [0.15, 0.2) is 18.2 Å². The highest BCUT2D eigenvalue weighted by molar-refractivity contribution is 9.10. The maximum Gasteiger partial charge on any atom is 0.238 e. The van der Waals surface area contributed by atoms with E-state index in [2.05, 4.69) is 21.2 Å². The third-order valence-electron chi connectivity index (χ3n) is 1.88. The van der Waals surface area contributed by atoms with Gasteiger partial charge >= 0.3 is 0 Å². The lowest BCUT2D eigenvalue weighted by Crippen LogP contribution is -2.21. The number of nitrogens with one attached hydrogen (secondary N) is 1. The molecule has 0 saturated carbocycles. The Morgan fingerprint density at radius 1 is 1.53 bits per heavy atom. The average molecular weight is 274 g/mol. The molecular weight excluding hydrogens is 262 g/mol. The Labute approximate surface area is 96.1 Å². The van der Waals surface area contributed by atoms with Gasteiger partial charge in [-0.1, -0.05) is 22.9 Å². The van der Waals surface area contributed by atoms with Crippen molar-refractivity contribution in [3.8, 4) is 11.5 Å². The molecular formula is C10H12BrNO3. The third kappa shape index (κ3) is 3.13. The van der Waals surface area contributed by atoms with Crippen LogP contribution in [0.5, 0.6) is 11.5 Å². The van der Waals surface area contributed by atoms with Crippen LogP contribution in [-0.2, 0) is 4.79 Å². The molecule has 4 nitrogen and oxygen atoms in total. The predicted molar refractivity (Wildman–Crippen MR) is 61.4 cm³/mol. The normalized spacial score (nSPS) is 12.1. The largest absolute Gasteiger partial charge is 0.508 e. The molecule has 3 N–H and O–H groups in total. The zero-order valence-electron chi connectivity index (χ0n) is 8.20. The minimum absolute atomic E-state index is 0.00859. The molecule has 1 rings (SSSR count). The number of carbonyl (C=O) groups is 1. The Morgan fingerprint density at radius 3 is 2.80 bits per heavy atom. The fraction of sp³-hybridized carbons (Fsp3) is 0.300. The van der Waals surface area contributed by atoms with Gasteiger partial charge in [0.15, 0.2) is 0 Å². The quantitative estimate of drug-likeness (QED) is 0.449. The lowest BCUT2D eigenvalue weighted by Gasteiger charge is -2.10. The van der Waals surface area contributed by atoms with Crippen LogP contribution in [0.4, 0.5) is 5.69 Å². The summed E-state index contributed by atoms with van der Waals surface area (Å²) in [5.41, 5.74) is 0.206. The Hall–Kier alpha value is -1.23. The van der Waals surface area contributed by atoms with Gasteiger partial charge in [0.05, 0.1) is 10.5 Å². The van der Waals surface area contributed by atoms with Gasteiger partial charge in [0.2, 0.25) is 5.91 Å². The maximum absolute atomic E-state index is 11.5. The van der Waals surface area contributed by atoms with Crippen molar-refractivity contribution in [1.29, 1.82) is 0 Å². The Balaban J connectivity index is 2.80. The number of alkyl halides is 1. The van der Waals surface area contributed by atoms with Gasteiger partial charge in [-0.25, -0.2) is 0 Å². The fourth-order valence-electron chi connectivity index (χ4n) is 1.02. The smallest absolute Gasteiger partial charge is 0.238 e. The molecule has 15 heavy (non-hydrogen) atoms. The van der Waals surface area contributed by atoms with Gasteiger partial charge in [0.1, 0.15) is 11.5 Å². The van der Waals surface area contributed by atoms with Crippen molar-refractivity contribution >= 4 is 27.5 Å². The zero-order valence-corrected chi connectivity index (χ0v) is 9.78. The van der Waals surface area contributed by atoms with Crippen LogP contribution in [0.25, 0.3) is 0 Å². The summed E-state index contributed by atoms with van der Waals surface area (Å²) in [5, 5.41) is 21.1. The fourth-order valence-corrected chi connectivity index (χ4v) is 1.14. The van der Waals surface area contributed by atoms with Crippen LogP contribution >= 0.6 is 15.9 Å². The zero-order chi connectivity index (χ0) is 11.4. The summed E-state index contributed by atoms with van der Waals surface area (Å²) in [4.78, 5) is 11.2. The average Bonchev–Trinajstić information content (AvgIpc) is 2.22. The second kappa shape index (κ2) is 5.02. The molecule has 1 amide bonds. The molecule has 1 aromatic carbocycles. The summed E-state index contributed by atoms with van der Waals surface area (Å²) in [5.74, 6) is -0.332. The number of amides is 1. The summed E-state index contributed by atoms with van der Waals surface area (Å²) in [6, 6.07) is 3.96. The minimum atomic E-state index is -0.306. The number of aromatic hydroxyl groups is 2. The highest BCUT2D eigenvalue weighted by Crippen LogP contribution is 2.27. The number of halogens is 1. The first-order valence-electron chi connectivity index (χ1n) is 4.51. The van der Waals surface area contributed by atoms with Gasteiger partial charge in [0, 0.05) is 6.07 Å². The van der Waals surface area contributed by atoms with Crippen LogP contribution in [0.3, 0.4) is 0 Å². The number of anilines is 1. The Kier molecular flexibility index (Phi) is 3.96. The molecule has 0 aliphatic heterocycles. The van der Waals surface area contributed by atoms with Crippen molar-refractivity contribution in [3.63, 3.8) is 0 Å². The molecule has 0 saturated heterocycles. The highest BCUT2D eigenvalue weighted by atomic mass is 79.9. The molecule has 0 spiro atoms. The topological polar surface area (TPSA) is 69.6 Å². The monoisotopic (exact) mass is 273 g/mol. The van der Waals surface area contributed by atoms with E-state index in [-0.39, 0.29) is 27.9 Å². The molecule has 0 bridgehead atoms. The van der Waals surface area contributed by atoms with E-state index in [0.717, 1.165) is 0 Å². The van der Waals surface area contributed by atoms with Crippen LogP contribution in [-0.4, -0.2) is 20.9 Å². The summed E-state index contributed by atoms with van der Waals surface area (Å²) < 4.78 is 0. The van der Waals surface area contributed by atoms with E-state index in [0.29, 0.717) is 6.42 Å². The van der Waals surface area contributed by atoms with Gasteiger partial charge in [-0.15, -0.1) is 0 Å². The van der Waals surface area contributed by atoms with E-state index >= 15 is 0 Å². The lowest BCUT2D eigenvalue weighted by atomic mass is 10.2. The van der Waals surface area contributed by atoms with Gasteiger partial charge < -0.3 is 15.5 Å². The molecule has 1 atom stereocenters. The second-order valence-corrected chi connectivity index (χ2v) is 4.17. The Morgan fingerprint density at radius 2 is 2.20 bits per heavy atom.